The molecule has 24 nitrogen and oxygen atoms in total. The fraction of sp³-hybridized carbons (Fsp3) is 0. The zero-order valence-electron chi connectivity index (χ0n) is 39.9. The number of fused-ring (bicyclic) bond motifs is 2. The number of rotatable bonds is 13. The van der Waals surface area contributed by atoms with Gasteiger partial charge in [-0.2, -0.15) is 45.7 Å². The number of carbonyl (C=O) groups excluding carboxylic acids is 1. The number of carbonyl (C=O) groups is 1. The molecule has 8 rings (SSSR count). The third-order valence-corrected chi connectivity index (χ3v) is 12.9. The van der Waals surface area contributed by atoms with E-state index < -0.39 is 102 Å². The monoisotopic (exact) mass is 1120 g/mol. The Labute approximate surface area is 519 Å². The maximum Gasteiger partial charge on any atom is 1.00 e. The maximum absolute atomic E-state index is 14.2. The Morgan fingerprint density at radius 1 is 0.461 bits per heavy atom. The molecule has 0 unspecified atom stereocenters. The minimum absolute atomic E-state index is 0. The van der Waals surface area contributed by atoms with E-state index in [1.54, 1.807) is 36.4 Å². The standard InChI is InChI=1S/C45H32N10O14S3.4Na/c46-26-5-13-35(34(47)19-26)52-51-29-10-12-32-24(15-29)17-38(71(64,65)66)41(43(32)57)55-53-36-21-31(70(61,62)63)16-25-18-39(72(67,68)69)42(44(58)40(25)36)54-49-28-8-3-23(4-9-28)22-1-6-27(7-2-22)48-50-30-11-14-37(56)33(20-30)45(59)60;;;;/h1-21,56-58H,46-47H2,(H,59,60)(H,61,62,63)(H,64,65,66)(H,67,68,69);;;;/q;4*+1/p-4. The van der Waals surface area contributed by atoms with Crippen LogP contribution in [-0.4, -0.2) is 44.9 Å². The second-order valence-corrected chi connectivity index (χ2v) is 19.4. The predicted molar refractivity (Wildman–Crippen MR) is 250 cm³/mol. The summed E-state index contributed by atoms with van der Waals surface area (Å²) in [5, 5.41) is 80.8. The molecule has 0 saturated heterocycles. The molecule has 8 aromatic carbocycles. The molecule has 0 aliphatic heterocycles. The normalized spacial score (nSPS) is 11.9. The summed E-state index contributed by atoms with van der Waals surface area (Å²) in [5.74, 6) is -4.89. The molecular formula is C45H28N10Na4O14S3. The Bertz CT molecular complexity index is 4060. The summed E-state index contributed by atoms with van der Waals surface area (Å²) >= 11 is 0. The van der Waals surface area contributed by atoms with Crippen molar-refractivity contribution in [2.75, 3.05) is 11.5 Å². The molecule has 0 aromatic heterocycles. The van der Waals surface area contributed by atoms with Crippen LogP contribution in [0.2, 0.25) is 0 Å². The smallest absolute Gasteiger partial charge is 0.872 e. The molecule has 0 fully saturated rings. The largest absolute Gasteiger partial charge is 1.00 e. The van der Waals surface area contributed by atoms with Crippen molar-refractivity contribution in [2.45, 2.75) is 14.7 Å². The third-order valence-electron chi connectivity index (χ3n) is 10.3. The van der Waals surface area contributed by atoms with E-state index in [1.165, 1.54) is 54.6 Å². The average Bonchev–Trinajstić information content (AvgIpc) is 3.31. The van der Waals surface area contributed by atoms with Crippen LogP contribution in [0.3, 0.4) is 0 Å². The van der Waals surface area contributed by atoms with E-state index in [9.17, 15) is 64.1 Å². The van der Waals surface area contributed by atoms with Gasteiger partial charge in [-0.15, -0.1) is 20.5 Å². The van der Waals surface area contributed by atoms with E-state index in [4.69, 9.17) is 11.5 Å². The van der Waals surface area contributed by atoms with Crippen LogP contribution in [0.1, 0.15) is 10.4 Å². The van der Waals surface area contributed by atoms with Crippen molar-refractivity contribution in [3.05, 3.63) is 133 Å². The maximum atomic E-state index is 14.2. The summed E-state index contributed by atoms with van der Waals surface area (Å²) in [4.78, 5) is 7.93. The summed E-state index contributed by atoms with van der Waals surface area (Å²) in [5.41, 5.74) is 10.9. The van der Waals surface area contributed by atoms with Crippen molar-refractivity contribution in [2.24, 2.45) is 40.9 Å². The molecule has 0 spiro atoms. The number of aromatic carboxylic acids is 1. The fourth-order valence-electron chi connectivity index (χ4n) is 6.90. The number of carboxylic acids is 1. The summed E-state index contributed by atoms with van der Waals surface area (Å²) in [6, 6.07) is 26.9. The Hall–Kier alpha value is -5.12. The molecular weight excluding hydrogens is 1090 g/mol. The number of nitrogen functional groups attached to an aromatic ring is 2. The fourth-order valence-corrected chi connectivity index (χ4v) is 8.75. The molecule has 7 N–H and O–H groups in total. The van der Waals surface area contributed by atoms with Gasteiger partial charge in [0.25, 0.3) is 30.4 Å². The third kappa shape index (κ3) is 14.5. The van der Waals surface area contributed by atoms with Gasteiger partial charge < -0.3 is 36.7 Å². The van der Waals surface area contributed by atoms with Gasteiger partial charge in [0.05, 0.1) is 56.4 Å². The Kier molecular flexibility index (Phi) is 21.3. The molecule has 0 bridgehead atoms. The van der Waals surface area contributed by atoms with Crippen LogP contribution in [0.15, 0.2) is 183 Å². The molecule has 0 atom stereocenters. The van der Waals surface area contributed by atoms with Crippen molar-refractivity contribution in [3.63, 3.8) is 0 Å². The number of nitrogens with two attached hydrogens (primary N) is 2. The number of carboxylic acid groups (broad SMARTS) is 1. The Balaban J connectivity index is 0.00000312. The molecule has 31 heteroatoms. The molecule has 8 aromatic rings. The van der Waals surface area contributed by atoms with E-state index in [1.807, 2.05) is 0 Å². The van der Waals surface area contributed by atoms with Crippen molar-refractivity contribution in [1.29, 1.82) is 0 Å². The summed E-state index contributed by atoms with van der Waals surface area (Å²) < 4.78 is 106. The van der Waals surface area contributed by atoms with Crippen LogP contribution in [0.4, 0.5) is 56.9 Å². The second kappa shape index (κ2) is 25.6. The first kappa shape index (κ1) is 63.4. The number of hydrogen-bond donors (Lipinski definition) is 5. The number of azo groups is 4. The van der Waals surface area contributed by atoms with Crippen LogP contribution in [0.25, 0.3) is 32.7 Å². The van der Waals surface area contributed by atoms with Gasteiger partial charge in [-0.25, -0.2) is 0 Å². The van der Waals surface area contributed by atoms with Crippen molar-refractivity contribution in [3.8, 4) is 28.4 Å². The SMILES string of the molecule is Nc1ccc(N=Nc2ccc3c([O-])c(N=Nc4cc(S(=O)(=O)O)cc5cc(S(=O)(=O)O)c(N=Nc6ccc(-c7ccc(N=Nc8ccc([O-])c(C(=O)[O-])c8)cc7)cc6)c([O-])c45)c(S(=O)(=O)O)cc3c2)c(N)c1.[Na+].[Na+].[Na+].[Na+]. The molecule has 0 heterocycles. The van der Waals surface area contributed by atoms with Crippen LogP contribution < -0.4 is 150 Å². The van der Waals surface area contributed by atoms with Gasteiger partial charge >= 0.3 is 118 Å². The molecule has 76 heavy (non-hydrogen) atoms. The number of benzene rings is 8. The number of nitrogens with zero attached hydrogens (tertiary/aromatic N) is 8. The van der Waals surface area contributed by atoms with Crippen molar-refractivity contribution < 1.29 is 182 Å². The minimum Gasteiger partial charge on any atom is -0.872 e. The van der Waals surface area contributed by atoms with E-state index >= 15 is 0 Å². The topological polar surface area (TPSA) is 423 Å². The van der Waals surface area contributed by atoms with E-state index in [-0.39, 0.29) is 157 Å². The molecule has 364 valence electrons. The second-order valence-electron chi connectivity index (χ2n) is 15.2. The van der Waals surface area contributed by atoms with E-state index in [2.05, 4.69) is 40.9 Å². The molecule has 0 saturated carbocycles. The summed E-state index contributed by atoms with van der Waals surface area (Å²) in [7, 11) is -15.8. The van der Waals surface area contributed by atoms with Crippen LogP contribution in [-0.2, 0) is 30.4 Å². The zero-order valence-corrected chi connectivity index (χ0v) is 50.4. The van der Waals surface area contributed by atoms with Gasteiger partial charge in [-0.1, -0.05) is 53.6 Å². The van der Waals surface area contributed by atoms with Crippen LogP contribution in [0, 0.1) is 0 Å². The first-order chi connectivity index (χ1) is 33.9. The van der Waals surface area contributed by atoms with Crippen LogP contribution in [0.5, 0.6) is 17.2 Å². The summed E-state index contributed by atoms with van der Waals surface area (Å²) in [6.07, 6.45) is 0. The van der Waals surface area contributed by atoms with Gasteiger partial charge in [0.15, 0.2) is 0 Å². The summed E-state index contributed by atoms with van der Waals surface area (Å²) in [6.45, 7) is 0. The quantitative estimate of drug-likeness (QED) is 0.0316. The van der Waals surface area contributed by atoms with Crippen LogP contribution >= 0.6 is 0 Å². The van der Waals surface area contributed by atoms with E-state index in [0.29, 0.717) is 40.7 Å². The first-order valence-electron chi connectivity index (χ1n) is 20.0. The molecule has 0 aliphatic rings. The average molecular weight is 1120 g/mol. The zero-order chi connectivity index (χ0) is 51.9. The van der Waals surface area contributed by atoms with E-state index in [0.717, 1.165) is 18.2 Å². The first-order valence-corrected chi connectivity index (χ1v) is 24.3. The van der Waals surface area contributed by atoms with Gasteiger partial charge in [0.1, 0.15) is 15.5 Å². The van der Waals surface area contributed by atoms with Gasteiger partial charge in [0, 0.05) is 11.1 Å². The molecule has 0 amide bonds. The van der Waals surface area contributed by atoms with Crippen molar-refractivity contribution >= 4 is 115 Å². The van der Waals surface area contributed by atoms with Gasteiger partial charge in [-0.3, -0.25) is 13.7 Å². The number of anilines is 2. The minimum atomic E-state index is -5.35. The Morgan fingerprint density at radius 3 is 1.49 bits per heavy atom. The van der Waals surface area contributed by atoms with Gasteiger partial charge in [-0.05, 0) is 124 Å². The molecule has 0 radical (unpaired) electrons. The van der Waals surface area contributed by atoms with Gasteiger partial charge in [0.2, 0.25) is 0 Å². The predicted octanol–water partition coefficient (Wildman–Crippen LogP) is -4.17. The van der Waals surface area contributed by atoms with Crippen molar-refractivity contribution in [1.82, 2.24) is 0 Å². The number of hydrogen-bond acceptors (Lipinski definition) is 21. The Morgan fingerprint density at radius 2 is 0.934 bits per heavy atom. The molecule has 0 aliphatic carbocycles.